The molecule has 2 bridgehead atoms. The van der Waals surface area contributed by atoms with E-state index in [0.717, 1.165) is 4.90 Å². The van der Waals surface area contributed by atoms with Crippen molar-refractivity contribution in [2.24, 2.45) is 11.8 Å². The predicted octanol–water partition coefficient (Wildman–Crippen LogP) is 6.03. The van der Waals surface area contributed by atoms with E-state index in [4.69, 9.17) is 18.9 Å². The highest BCUT2D eigenvalue weighted by atomic mass is 16.7. The van der Waals surface area contributed by atoms with Crippen molar-refractivity contribution in [3.05, 3.63) is 149 Å². The van der Waals surface area contributed by atoms with Gasteiger partial charge in [-0.05, 0) is 81.9 Å². The zero-order valence-electron chi connectivity index (χ0n) is 27.3. The van der Waals surface area contributed by atoms with Crippen molar-refractivity contribution >= 4 is 40.4 Å². The van der Waals surface area contributed by atoms with Gasteiger partial charge in [-0.15, -0.1) is 0 Å². The molecule has 10 rings (SSSR count). The third kappa shape index (κ3) is 3.67. The zero-order chi connectivity index (χ0) is 35.4. The first-order chi connectivity index (χ1) is 25.4. The number of benzene rings is 5. The number of carbonyl (C=O) groups excluding carboxylic acids is 3. The lowest BCUT2D eigenvalue weighted by atomic mass is 9.59. The van der Waals surface area contributed by atoms with Crippen molar-refractivity contribution in [3.63, 3.8) is 0 Å². The van der Waals surface area contributed by atoms with E-state index in [1.807, 2.05) is 84.9 Å². The second-order valence-corrected chi connectivity index (χ2v) is 13.4. The maximum atomic E-state index is 16.2. The molecule has 10 heteroatoms. The Kier molecular flexibility index (Phi) is 6.19. The molecule has 5 aromatic rings. The van der Waals surface area contributed by atoms with Gasteiger partial charge in [0.1, 0.15) is 0 Å². The number of ketones is 1. The molecular weight excluding hydrogens is 662 g/mol. The summed E-state index contributed by atoms with van der Waals surface area (Å²) < 4.78 is 23.0. The Morgan fingerprint density at radius 1 is 0.577 bits per heavy atom. The number of aromatic carboxylic acids is 1. The van der Waals surface area contributed by atoms with Crippen LogP contribution in [0.25, 0.3) is 11.1 Å². The number of imide groups is 1. The number of ether oxygens (including phenoxy) is 4. The Morgan fingerprint density at radius 2 is 1.02 bits per heavy atom. The van der Waals surface area contributed by atoms with E-state index >= 15 is 14.4 Å². The first kappa shape index (κ1) is 30.2. The van der Waals surface area contributed by atoms with Gasteiger partial charge in [0.05, 0.1) is 33.9 Å². The smallest absolute Gasteiger partial charge is 0.335 e. The molecule has 10 nitrogen and oxygen atoms in total. The van der Waals surface area contributed by atoms with Gasteiger partial charge in [-0.2, -0.15) is 0 Å². The van der Waals surface area contributed by atoms with Crippen molar-refractivity contribution < 1.29 is 43.2 Å². The van der Waals surface area contributed by atoms with Crippen LogP contribution in [0, 0.1) is 11.8 Å². The van der Waals surface area contributed by atoms with Gasteiger partial charge in [-0.25, -0.2) is 9.69 Å². The van der Waals surface area contributed by atoms with Crippen LogP contribution in [0.5, 0.6) is 23.0 Å². The van der Waals surface area contributed by atoms with Crippen LogP contribution in [-0.4, -0.2) is 42.3 Å². The molecule has 3 heterocycles. The molecule has 0 unspecified atom stereocenters. The summed E-state index contributed by atoms with van der Waals surface area (Å²) in [5.74, 6) is -2.74. The van der Waals surface area contributed by atoms with Crippen LogP contribution in [0.1, 0.15) is 32.6 Å². The van der Waals surface area contributed by atoms with Crippen molar-refractivity contribution in [2.45, 2.75) is 10.8 Å². The molecule has 1 N–H and O–H groups in total. The van der Waals surface area contributed by atoms with E-state index in [-0.39, 0.29) is 30.6 Å². The number of amides is 2. The minimum Gasteiger partial charge on any atom is -0.478 e. The molecule has 52 heavy (non-hydrogen) atoms. The second kappa shape index (κ2) is 10.7. The van der Waals surface area contributed by atoms with Gasteiger partial charge in [0.25, 0.3) is 0 Å². The quantitative estimate of drug-likeness (QED) is 0.213. The number of nitrogens with zero attached hydrogens (tertiary/aromatic N) is 1. The van der Waals surface area contributed by atoms with Crippen LogP contribution in [0.2, 0.25) is 0 Å². The average molecular weight is 690 g/mol. The molecule has 254 valence electrons. The Hall–Kier alpha value is -6.68. The molecule has 0 radical (unpaired) electrons. The molecule has 1 saturated heterocycles. The Balaban J connectivity index is 1.34. The highest BCUT2D eigenvalue weighted by Crippen LogP contribution is 2.74. The molecule has 5 aliphatic rings. The van der Waals surface area contributed by atoms with Gasteiger partial charge in [0, 0.05) is 0 Å². The van der Waals surface area contributed by atoms with Crippen LogP contribution < -0.4 is 23.8 Å². The van der Waals surface area contributed by atoms with Gasteiger partial charge in [-0.3, -0.25) is 14.4 Å². The van der Waals surface area contributed by atoms with Gasteiger partial charge in [0.2, 0.25) is 25.4 Å². The summed E-state index contributed by atoms with van der Waals surface area (Å²) in [5, 5.41) is 9.57. The van der Waals surface area contributed by atoms with E-state index in [2.05, 4.69) is 0 Å². The number of fused-ring (bicyclic) bond motifs is 7. The van der Waals surface area contributed by atoms with Gasteiger partial charge < -0.3 is 24.1 Å². The first-order valence-electron chi connectivity index (χ1n) is 16.8. The van der Waals surface area contributed by atoms with Crippen molar-refractivity contribution in [2.75, 3.05) is 18.5 Å². The molecule has 1 saturated carbocycles. The third-order valence-electron chi connectivity index (χ3n) is 11.1. The molecule has 4 atom stereocenters. The summed E-state index contributed by atoms with van der Waals surface area (Å²) >= 11 is 0. The minimum atomic E-state index is -1.65. The second-order valence-electron chi connectivity index (χ2n) is 13.4. The summed E-state index contributed by atoms with van der Waals surface area (Å²) in [6.45, 7) is 0.0771. The van der Waals surface area contributed by atoms with E-state index in [1.165, 1.54) is 24.3 Å². The fraction of sp³-hybridized carbons (Fsp3) is 0.143. The molecule has 2 amide bonds. The zero-order valence-corrected chi connectivity index (χ0v) is 27.3. The summed E-state index contributed by atoms with van der Waals surface area (Å²) in [6, 6.07) is 35.0. The van der Waals surface area contributed by atoms with E-state index in [0.29, 0.717) is 56.4 Å². The topological polar surface area (TPSA) is 129 Å². The predicted molar refractivity (Wildman–Crippen MR) is 186 cm³/mol. The fourth-order valence-corrected chi connectivity index (χ4v) is 9.24. The molecular formula is C42H27NO9. The third-order valence-corrected chi connectivity index (χ3v) is 11.1. The molecule has 2 fully saturated rings. The first-order valence-corrected chi connectivity index (χ1v) is 16.8. The summed E-state index contributed by atoms with van der Waals surface area (Å²) in [4.78, 5) is 59.4. The Labute approximate surface area is 296 Å². The van der Waals surface area contributed by atoms with Crippen LogP contribution in [-0.2, 0) is 25.2 Å². The van der Waals surface area contributed by atoms with Gasteiger partial charge in [0.15, 0.2) is 28.8 Å². The SMILES string of the molecule is O=C(O)c1ccc(N2C(=O)[C@@H]3[C@H](C2=O)[C@@]2(c4ccccc4)C(=O)[C@@]3(c3ccccc3)C(c3ccc4c(c3)OCO4)=C2c2ccc3c(c2)OCO3)cc1. The number of carboxylic acids is 1. The monoisotopic (exact) mass is 689 g/mol. The fourth-order valence-electron chi connectivity index (χ4n) is 9.24. The van der Waals surface area contributed by atoms with Crippen LogP contribution in [0.15, 0.2) is 121 Å². The maximum Gasteiger partial charge on any atom is 0.335 e. The van der Waals surface area contributed by atoms with Crippen molar-refractivity contribution in [1.29, 1.82) is 0 Å². The molecule has 0 aromatic heterocycles. The lowest BCUT2D eigenvalue weighted by molar-refractivity contribution is -0.130. The van der Waals surface area contributed by atoms with E-state index in [9.17, 15) is 9.90 Å². The van der Waals surface area contributed by atoms with E-state index < -0.39 is 40.4 Å². The Morgan fingerprint density at radius 3 is 1.46 bits per heavy atom. The molecule has 3 aliphatic heterocycles. The standard InChI is InChI=1S/C42H27NO9/c44-37-35-36(38(45)43(37)28-15-11-23(12-16-28)39(46)47)42(27-9-5-2-6-10-27)34(25-14-18-30-32(20-25)52-22-50-30)33(24-13-17-29-31(19-24)51-21-49-29)41(35,40(42)48)26-7-3-1-4-8-26/h1-20,35-36H,21-22H2,(H,46,47)/t35-,36+,41-,42-/m0/s1. The highest BCUT2D eigenvalue weighted by Gasteiger charge is 2.82. The largest absolute Gasteiger partial charge is 0.478 e. The maximum absolute atomic E-state index is 16.2. The summed E-state index contributed by atoms with van der Waals surface area (Å²) in [7, 11) is 0. The van der Waals surface area contributed by atoms with Crippen LogP contribution in [0.4, 0.5) is 5.69 Å². The summed E-state index contributed by atoms with van der Waals surface area (Å²) in [6.07, 6.45) is 0. The number of carbonyl (C=O) groups is 4. The highest BCUT2D eigenvalue weighted by molar-refractivity contribution is 6.39. The number of hydrogen-bond acceptors (Lipinski definition) is 8. The van der Waals surface area contributed by atoms with Crippen molar-refractivity contribution in [1.82, 2.24) is 0 Å². The number of carboxylic acid groups (broad SMARTS) is 1. The number of allylic oxidation sites excluding steroid dienone is 2. The lowest BCUT2D eigenvalue weighted by Crippen LogP contribution is -2.45. The molecule has 0 spiro atoms. The van der Waals surface area contributed by atoms with Gasteiger partial charge >= 0.3 is 5.97 Å². The minimum absolute atomic E-state index is 0.0108. The molecule has 2 aliphatic carbocycles. The van der Waals surface area contributed by atoms with E-state index in [1.54, 1.807) is 12.1 Å². The average Bonchev–Trinajstić information content (AvgIpc) is 3.98. The van der Waals surface area contributed by atoms with Crippen LogP contribution >= 0.6 is 0 Å². The van der Waals surface area contributed by atoms with Crippen LogP contribution in [0.3, 0.4) is 0 Å². The molecule has 5 aromatic carbocycles. The van der Waals surface area contributed by atoms with Gasteiger partial charge in [-0.1, -0.05) is 72.8 Å². The van der Waals surface area contributed by atoms with Crippen molar-refractivity contribution in [3.8, 4) is 23.0 Å². The summed E-state index contributed by atoms with van der Waals surface area (Å²) in [5.41, 5.74) is 0.502. The lowest BCUT2D eigenvalue weighted by Gasteiger charge is -2.39. The number of anilines is 1. The number of hydrogen-bond donors (Lipinski definition) is 1. The normalized spacial score (nSPS) is 24.9. The number of Topliss-reactive ketones (excluding diaryl/α,β-unsaturated/α-hetero) is 1. The number of rotatable bonds is 6. The Bertz CT molecular complexity index is 2280.